The highest BCUT2D eigenvalue weighted by Gasteiger charge is 2.16. The van der Waals surface area contributed by atoms with Crippen LogP contribution in [-0.2, 0) is 18.9 Å². The first-order valence-electron chi connectivity index (χ1n) is 4.41. The fourth-order valence-corrected chi connectivity index (χ4v) is 1.01. The molecule has 94 valence electrons. The monoisotopic (exact) mass is 274 g/mol. The molecule has 0 spiro atoms. The molecule has 2 atom stereocenters. The first-order chi connectivity index (χ1) is 7.45. The molecule has 0 aliphatic heterocycles. The summed E-state index contributed by atoms with van der Waals surface area (Å²) in [4.78, 5) is 20.8. The Kier molecular flexibility index (Phi) is 8.28. The van der Waals surface area contributed by atoms with E-state index in [1.807, 2.05) is 0 Å². The summed E-state index contributed by atoms with van der Waals surface area (Å²) in [6.07, 6.45) is -1.83. The zero-order valence-corrected chi connectivity index (χ0v) is 10.3. The summed E-state index contributed by atoms with van der Waals surface area (Å²) in [5.41, 5.74) is -2.00. The van der Waals surface area contributed by atoms with Crippen LogP contribution in [0, 0.1) is 0 Å². The fourth-order valence-electron chi connectivity index (χ4n) is 0.784. The third kappa shape index (κ3) is 8.72. The van der Waals surface area contributed by atoms with Crippen molar-refractivity contribution in [2.75, 3.05) is 13.2 Å². The van der Waals surface area contributed by atoms with E-state index in [0.717, 1.165) is 0 Å². The van der Waals surface area contributed by atoms with Crippen molar-refractivity contribution in [2.45, 2.75) is 26.4 Å². The highest BCUT2D eigenvalue weighted by Crippen LogP contribution is 2.04. The molecule has 0 aliphatic carbocycles. The molecule has 0 aliphatic rings. The highest BCUT2D eigenvalue weighted by atomic mass is 35.5. The molecule has 8 heteroatoms. The van der Waals surface area contributed by atoms with E-state index in [0.29, 0.717) is 6.61 Å². The molecule has 0 saturated carbocycles. The lowest BCUT2D eigenvalue weighted by Gasteiger charge is -2.18. The molecule has 2 unspecified atom stereocenters. The normalized spacial score (nSPS) is 14.0. The maximum atomic E-state index is 10.5. The predicted octanol–water partition coefficient (Wildman–Crippen LogP) is 2.46. The summed E-state index contributed by atoms with van der Waals surface area (Å²) in [6, 6.07) is 0. The van der Waals surface area contributed by atoms with Crippen molar-refractivity contribution in [3.05, 3.63) is 0 Å². The van der Waals surface area contributed by atoms with Gasteiger partial charge in [0.05, 0.1) is 0 Å². The third-order valence-electron chi connectivity index (χ3n) is 1.30. The average molecular weight is 275 g/mol. The topological polar surface area (TPSA) is 71.1 Å². The van der Waals surface area contributed by atoms with Gasteiger partial charge in [-0.25, -0.2) is 9.59 Å². The van der Waals surface area contributed by atoms with Gasteiger partial charge in [-0.2, -0.15) is 0 Å². The van der Waals surface area contributed by atoms with Crippen LogP contribution in [0.3, 0.4) is 0 Å². The maximum Gasteiger partial charge on any atom is 0.406 e. The van der Waals surface area contributed by atoms with E-state index in [9.17, 15) is 9.59 Å². The molecule has 16 heavy (non-hydrogen) atoms. The lowest BCUT2D eigenvalue weighted by atomic mass is 10.6. The van der Waals surface area contributed by atoms with E-state index in [2.05, 4.69) is 9.47 Å². The Balaban J connectivity index is 3.90. The number of halogens is 2. The van der Waals surface area contributed by atoms with Crippen molar-refractivity contribution in [3.8, 4) is 0 Å². The highest BCUT2D eigenvalue weighted by molar-refractivity contribution is 6.61. The number of rotatable bonds is 7. The SMILES string of the molecule is CCOC(COC(C)OC(=O)Cl)OC(=O)Cl. The Labute approximate surface area is 103 Å². The molecule has 0 heterocycles. The van der Waals surface area contributed by atoms with Crippen LogP contribution in [0.2, 0.25) is 0 Å². The first-order valence-corrected chi connectivity index (χ1v) is 5.16. The third-order valence-corrected chi connectivity index (χ3v) is 1.48. The summed E-state index contributed by atoms with van der Waals surface area (Å²) in [5.74, 6) is 0. The Morgan fingerprint density at radius 1 is 1.12 bits per heavy atom. The van der Waals surface area contributed by atoms with Crippen LogP contribution in [0.15, 0.2) is 0 Å². The summed E-state index contributed by atoms with van der Waals surface area (Å²) < 4.78 is 19.0. The van der Waals surface area contributed by atoms with Crippen LogP contribution >= 0.6 is 23.2 Å². The lowest BCUT2D eigenvalue weighted by Crippen LogP contribution is -2.28. The zero-order valence-electron chi connectivity index (χ0n) is 8.77. The van der Waals surface area contributed by atoms with Gasteiger partial charge in [0.1, 0.15) is 6.61 Å². The lowest BCUT2D eigenvalue weighted by molar-refractivity contribution is -0.174. The van der Waals surface area contributed by atoms with Gasteiger partial charge in [0, 0.05) is 29.8 Å². The van der Waals surface area contributed by atoms with Gasteiger partial charge in [0.15, 0.2) is 0 Å². The Bertz CT molecular complexity index is 235. The van der Waals surface area contributed by atoms with Crippen LogP contribution in [0.1, 0.15) is 13.8 Å². The number of carbonyl (C=O) groups is 2. The number of ether oxygens (including phenoxy) is 4. The number of carbonyl (C=O) groups excluding carboxylic acids is 2. The molecule has 0 bridgehead atoms. The average Bonchev–Trinajstić information content (AvgIpc) is 2.12. The van der Waals surface area contributed by atoms with Crippen LogP contribution in [0.25, 0.3) is 0 Å². The van der Waals surface area contributed by atoms with Crippen molar-refractivity contribution in [2.24, 2.45) is 0 Å². The summed E-state index contributed by atoms with van der Waals surface area (Å²) in [6.45, 7) is 3.34. The largest absolute Gasteiger partial charge is 0.424 e. The van der Waals surface area contributed by atoms with Gasteiger partial charge in [0.25, 0.3) is 0 Å². The summed E-state index contributed by atoms with van der Waals surface area (Å²) >= 11 is 9.96. The van der Waals surface area contributed by atoms with Crippen molar-refractivity contribution in [3.63, 3.8) is 0 Å². The Morgan fingerprint density at radius 2 is 1.69 bits per heavy atom. The Morgan fingerprint density at radius 3 is 2.12 bits per heavy atom. The minimum absolute atomic E-state index is 0.127. The van der Waals surface area contributed by atoms with E-state index < -0.39 is 23.4 Å². The molecular weight excluding hydrogens is 263 g/mol. The smallest absolute Gasteiger partial charge is 0.406 e. The number of hydrogen-bond acceptors (Lipinski definition) is 6. The fraction of sp³-hybridized carbons (Fsp3) is 0.750. The second kappa shape index (κ2) is 8.58. The van der Waals surface area contributed by atoms with Gasteiger partial charge in [-0.3, -0.25) is 0 Å². The van der Waals surface area contributed by atoms with E-state index in [-0.39, 0.29) is 6.61 Å². The minimum atomic E-state index is -1.01. The molecule has 0 fully saturated rings. The van der Waals surface area contributed by atoms with E-state index in [1.165, 1.54) is 6.92 Å². The predicted molar refractivity (Wildman–Crippen MR) is 55.5 cm³/mol. The molecule has 0 aromatic rings. The van der Waals surface area contributed by atoms with Gasteiger partial charge in [-0.05, 0) is 13.8 Å². The van der Waals surface area contributed by atoms with Gasteiger partial charge in [-0.1, -0.05) is 0 Å². The molecule has 0 aromatic carbocycles. The van der Waals surface area contributed by atoms with Gasteiger partial charge < -0.3 is 18.9 Å². The van der Waals surface area contributed by atoms with Crippen LogP contribution in [0.5, 0.6) is 0 Å². The molecular formula is C8H12Cl2O6. The van der Waals surface area contributed by atoms with Crippen LogP contribution < -0.4 is 0 Å². The number of hydrogen-bond donors (Lipinski definition) is 0. The molecule has 0 aromatic heterocycles. The molecule has 0 saturated heterocycles. The van der Waals surface area contributed by atoms with Gasteiger partial charge >= 0.3 is 10.9 Å². The van der Waals surface area contributed by atoms with E-state index in [1.54, 1.807) is 6.92 Å². The maximum absolute atomic E-state index is 10.5. The Hall–Kier alpha value is -0.560. The molecule has 0 radical (unpaired) electrons. The van der Waals surface area contributed by atoms with E-state index in [4.69, 9.17) is 32.7 Å². The zero-order chi connectivity index (χ0) is 12.6. The van der Waals surface area contributed by atoms with Crippen molar-refractivity contribution < 1.29 is 28.5 Å². The minimum Gasteiger partial charge on any atom is -0.424 e. The quantitative estimate of drug-likeness (QED) is 0.525. The summed E-state index contributed by atoms with van der Waals surface area (Å²) in [5, 5.41) is 0. The van der Waals surface area contributed by atoms with Gasteiger partial charge in [-0.15, -0.1) is 0 Å². The van der Waals surface area contributed by atoms with Crippen molar-refractivity contribution in [1.82, 2.24) is 0 Å². The second-order valence-electron chi connectivity index (χ2n) is 2.50. The van der Waals surface area contributed by atoms with Crippen LogP contribution in [-0.4, -0.2) is 36.7 Å². The van der Waals surface area contributed by atoms with Crippen molar-refractivity contribution in [1.29, 1.82) is 0 Å². The molecule has 0 rings (SSSR count). The van der Waals surface area contributed by atoms with Crippen molar-refractivity contribution >= 4 is 34.1 Å². The molecule has 0 amide bonds. The van der Waals surface area contributed by atoms with E-state index >= 15 is 0 Å². The van der Waals surface area contributed by atoms with Crippen LogP contribution in [0.4, 0.5) is 9.59 Å². The van der Waals surface area contributed by atoms with Gasteiger partial charge in [0.2, 0.25) is 12.6 Å². The first kappa shape index (κ1) is 15.4. The summed E-state index contributed by atoms with van der Waals surface area (Å²) in [7, 11) is 0. The second-order valence-corrected chi connectivity index (χ2v) is 3.11. The standard InChI is InChI=1S/C8H12Cl2O6/c1-3-13-6(16-8(10)12)4-14-5(2)15-7(9)11/h5-6H,3-4H2,1-2H3. The molecule has 6 nitrogen and oxygen atoms in total. The molecule has 0 N–H and O–H groups in total.